The van der Waals surface area contributed by atoms with Crippen molar-refractivity contribution >= 4 is 5.96 Å². The van der Waals surface area contributed by atoms with Crippen molar-refractivity contribution in [3.63, 3.8) is 0 Å². The summed E-state index contributed by atoms with van der Waals surface area (Å²) in [5.41, 5.74) is -0.990. The average molecular weight is 336 g/mol. The summed E-state index contributed by atoms with van der Waals surface area (Å²) in [6, 6.07) is 1.19. The molecule has 6 atom stereocenters. The second kappa shape index (κ2) is 5.45. The summed E-state index contributed by atoms with van der Waals surface area (Å²) in [5.74, 6) is 1.03. The average Bonchev–Trinajstić information content (AvgIpc) is 2.95. The first-order valence-corrected chi connectivity index (χ1v) is 8.29. The van der Waals surface area contributed by atoms with Gasteiger partial charge >= 0.3 is 11.6 Å². The first-order chi connectivity index (χ1) is 11.4. The lowest BCUT2D eigenvalue weighted by atomic mass is 9.82. The van der Waals surface area contributed by atoms with Gasteiger partial charge in [-0.3, -0.25) is 25.0 Å². The van der Waals surface area contributed by atoms with Crippen LogP contribution < -0.4 is 21.9 Å². The third-order valence-electron chi connectivity index (χ3n) is 5.54. The minimum Gasteiger partial charge on any atom is -0.393 e. The number of aromatic nitrogens is 2. The SMILES string of the molecule is C[C@@H]1[C@H]2CNC3=[N+]2[C@H](C[C@@H]1O)C[C@H]([C@H](O)c1cc(=O)[nH]c(=O)[nH]1)N3. The number of piperidine rings is 1. The maximum Gasteiger partial charge on any atom is 0.346 e. The zero-order chi connectivity index (χ0) is 17.0. The molecule has 0 saturated carbocycles. The van der Waals surface area contributed by atoms with E-state index in [-0.39, 0.29) is 35.8 Å². The van der Waals surface area contributed by atoms with Crippen molar-refractivity contribution in [2.45, 2.75) is 50.1 Å². The molecule has 0 radical (unpaired) electrons. The van der Waals surface area contributed by atoms with E-state index < -0.39 is 17.4 Å². The Balaban J connectivity index is 1.63. The van der Waals surface area contributed by atoms with E-state index in [0.717, 1.165) is 12.5 Å². The number of nitrogens with one attached hydrogen (secondary N) is 4. The van der Waals surface area contributed by atoms with Crippen LogP contribution in [0.1, 0.15) is 31.6 Å². The van der Waals surface area contributed by atoms with Gasteiger partial charge < -0.3 is 15.2 Å². The van der Waals surface area contributed by atoms with Crippen LogP contribution in [-0.4, -0.2) is 61.5 Å². The quantitative estimate of drug-likeness (QED) is 0.333. The minimum atomic E-state index is -1.02. The van der Waals surface area contributed by atoms with Gasteiger partial charge in [-0.05, 0) is 0 Å². The summed E-state index contributed by atoms with van der Waals surface area (Å²) in [4.78, 5) is 27.5. The lowest BCUT2D eigenvalue weighted by Gasteiger charge is -2.40. The van der Waals surface area contributed by atoms with Crippen molar-refractivity contribution in [3.05, 3.63) is 32.6 Å². The molecule has 0 aliphatic carbocycles. The molecule has 0 unspecified atom stereocenters. The van der Waals surface area contributed by atoms with Crippen LogP contribution in [0.2, 0.25) is 0 Å². The predicted octanol–water partition coefficient (Wildman–Crippen LogP) is -2.43. The van der Waals surface area contributed by atoms with Gasteiger partial charge in [0.15, 0.2) is 0 Å². The highest BCUT2D eigenvalue weighted by Crippen LogP contribution is 2.33. The fourth-order valence-electron chi connectivity index (χ4n) is 4.25. The van der Waals surface area contributed by atoms with Crippen LogP contribution in [0, 0.1) is 5.92 Å². The standard InChI is InChI=1S/C15H21N5O4/c1-6-10-5-16-14-17-8(2-7(20(10)14)3-11(6)21)13(23)9-4-12(22)19-15(24)18-9/h4,6-8,10-11,13,21,23H,2-3,5H2,1H3,(H3,16,17,18,19,22,24)/p+1/t6-,7+,8-,10-,11+,13+/m1/s1. The summed E-state index contributed by atoms with van der Waals surface area (Å²) < 4.78 is 2.27. The Labute approximate surface area is 137 Å². The first kappa shape index (κ1) is 15.4. The maximum atomic E-state index is 11.5. The van der Waals surface area contributed by atoms with Crippen molar-refractivity contribution in [1.29, 1.82) is 0 Å². The number of nitrogens with zero attached hydrogens (tertiary/aromatic N) is 1. The lowest BCUT2D eigenvalue weighted by Crippen LogP contribution is -2.59. The van der Waals surface area contributed by atoms with E-state index in [4.69, 9.17) is 0 Å². The third-order valence-corrected chi connectivity index (χ3v) is 5.54. The lowest BCUT2D eigenvalue weighted by molar-refractivity contribution is -0.621. The monoisotopic (exact) mass is 336 g/mol. The van der Waals surface area contributed by atoms with Crippen molar-refractivity contribution in [1.82, 2.24) is 20.6 Å². The highest BCUT2D eigenvalue weighted by Gasteiger charge is 2.50. The molecule has 3 aliphatic heterocycles. The number of guanidine groups is 1. The van der Waals surface area contributed by atoms with E-state index in [1.165, 1.54) is 6.07 Å². The molecule has 1 fully saturated rings. The fourth-order valence-corrected chi connectivity index (χ4v) is 4.25. The van der Waals surface area contributed by atoms with Crippen LogP contribution in [0.25, 0.3) is 0 Å². The Morgan fingerprint density at radius 2 is 2.08 bits per heavy atom. The molecule has 4 heterocycles. The van der Waals surface area contributed by atoms with Gasteiger partial charge in [0.1, 0.15) is 18.2 Å². The van der Waals surface area contributed by atoms with Gasteiger partial charge in [0.25, 0.3) is 5.56 Å². The van der Waals surface area contributed by atoms with Gasteiger partial charge in [-0.15, -0.1) is 0 Å². The highest BCUT2D eigenvalue weighted by atomic mass is 16.3. The summed E-state index contributed by atoms with van der Waals surface area (Å²) >= 11 is 0. The number of aliphatic hydroxyl groups is 2. The van der Waals surface area contributed by atoms with Gasteiger partial charge in [0.2, 0.25) is 0 Å². The van der Waals surface area contributed by atoms with E-state index in [1.807, 2.05) is 0 Å². The zero-order valence-electron chi connectivity index (χ0n) is 13.3. The molecular formula is C15H22N5O4+. The Morgan fingerprint density at radius 1 is 1.29 bits per heavy atom. The van der Waals surface area contributed by atoms with Gasteiger partial charge in [-0.25, -0.2) is 4.79 Å². The summed E-state index contributed by atoms with van der Waals surface area (Å²) in [5, 5.41) is 27.5. The van der Waals surface area contributed by atoms with Gasteiger partial charge in [0.05, 0.1) is 24.4 Å². The molecule has 0 bridgehead atoms. The molecule has 0 aromatic carbocycles. The molecule has 3 aliphatic rings. The Bertz CT molecular complexity index is 771. The van der Waals surface area contributed by atoms with Gasteiger partial charge in [-0.1, -0.05) is 6.92 Å². The minimum absolute atomic E-state index is 0.112. The highest BCUT2D eigenvalue weighted by molar-refractivity contribution is 5.77. The van der Waals surface area contributed by atoms with E-state index in [2.05, 4.69) is 32.1 Å². The Kier molecular flexibility index (Phi) is 3.50. The fraction of sp³-hybridized carbons (Fsp3) is 0.667. The molecule has 1 saturated heterocycles. The third kappa shape index (κ3) is 2.35. The predicted molar refractivity (Wildman–Crippen MR) is 84.8 cm³/mol. The molecule has 0 spiro atoms. The van der Waals surface area contributed by atoms with Gasteiger partial charge in [-0.2, -0.15) is 0 Å². The van der Waals surface area contributed by atoms with E-state index in [9.17, 15) is 19.8 Å². The molecule has 24 heavy (non-hydrogen) atoms. The molecule has 0 amide bonds. The molecule has 4 rings (SSSR count). The molecule has 1 aromatic rings. The maximum absolute atomic E-state index is 11.5. The molecule has 6 N–H and O–H groups in total. The van der Waals surface area contributed by atoms with Crippen molar-refractivity contribution in [2.24, 2.45) is 5.92 Å². The number of H-pyrrole nitrogens is 2. The number of aromatic amines is 2. The van der Waals surface area contributed by atoms with Crippen LogP contribution in [0.5, 0.6) is 0 Å². The zero-order valence-corrected chi connectivity index (χ0v) is 13.3. The molecule has 1 aromatic heterocycles. The number of hydrogen-bond donors (Lipinski definition) is 6. The summed E-state index contributed by atoms with van der Waals surface area (Å²) in [7, 11) is 0. The summed E-state index contributed by atoms with van der Waals surface area (Å²) in [6.45, 7) is 2.81. The van der Waals surface area contributed by atoms with Crippen molar-refractivity contribution < 1.29 is 14.8 Å². The smallest absolute Gasteiger partial charge is 0.346 e. The topological polar surface area (TPSA) is 133 Å². The van der Waals surface area contributed by atoms with E-state index in [1.54, 1.807) is 0 Å². The molecule has 130 valence electrons. The van der Waals surface area contributed by atoms with Crippen molar-refractivity contribution in [2.75, 3.05) is 6.54 Å². The largest absolute Gasteiger partial charge is 0.393 e. The van der Waals surface area contributed by atoms with Crippen LogP contribution >= 0.6 is 0 Å². The number of hydrogen-bond acceptors (Lipinski definition) is 6. The molecule has 9 nitrogen and oxygen atoms in total. The van der Waals surface area contributed by atoms with Crippen LogP contribution in [-0.2, 0) is 0 Å². The Morgan fingerprint density at radius 3 is 2.83 bits per heavy atom. The number of rotatable bonds is 2. The van der Waals surface area contributed by atoms with E-state index in [0.29, 0.717) is 12.8 Å². The number of aliphatic hydroxyl groups excluding tert-OH is 2. The Hall–Kier alpha value is -2.13. The molecule has 9 heteroatoms. The van der Waals surface area contributed by atoms with Gasteiger partial charge in [0, 0.05) is 24.8 Å². The summed E-state index contributed by atoms with van der Waals surface area (Å²) in [6.07, 6.45) is -0.138. The second-order valence-corrected chi connectivity index (χ2v) is 6.99. The molecular weight excluding hydrogens is 314 g/mol. The second-order valence-electron chi connectivity index (χ2n) is 6.99. The van der Waals surface area contributed by atoms with Crippen molar-refractivity contribution in [3.8, 4) is 0 Å². The van der Waals surface area contributed by atoms with E-state index >= 15 is 0 Å². The normalized spacial score (nSPS) is 35.9. The van der Waals surface area contributed by atoms with Crippen LogP contribution in [0.4, 0.5) is 0 Å². The van der Waals surface area contributed by atoms with Crippen LogP contribution in [0.3, 0.4) is 0 Å². The first-order valence-electron chi connectivity index (χ1n) is 8.29. The van der Waals surface area contributed by atoms with Crippen LogP contribution in [0.15, 0.2) is 15.7 Å².